The van der Waals surface area contributed by atoms with Gasteiger partial charge < -0.3 is 0 Å². The lowest BCUT2D eigenvalue weighted by atomic mass is 10.0. The van der Waals surface area contributed by atoms with Crippen molar-refractivity contribution < 1.29 is 4.39 Å². The van der Waals surface area contributed by atoms with E-state index in [1.165, 1.54) is 6.07 Å². The van der Waals surface area contributed by atoms with Gasteiger partial charge in [0.05, 0.1) is 5.69 Å². The van der Waals surface area contributed by atoms with E-state index in [1.54, 1.807) is 12.3 Å². The topological polar surface area (TPSA) is 12.9 Å². The SMILES string of the molecule is CCCCc1cc(F)cc(-c2ccccn2)c1. The van der Waals surface area contributed by atoms with Crippen LogP contribution in [0.3, 0.4) is 0 Å². The number of pyridine rings is 1. The van der Waals surface area contributed by atoms with Gasteiger partial charge in [-0.2, -0.15) is 0 Å². The molecule has 0 fully saturated rings. The van der Waals surface area contributed by atoms with Crippen LogP contribution >= 0.6 is 0 Å². The number of halogens is 1. The molecule has 1 nitrogen and oxygen atoms in total. The highest BCUT2D eigenvalue weighted by atomic mass is 19.1. The monoisotopic (exact) mass is 229 g/mol. The zero-order chi connectivity index (χ0) is 12.1. The molecule has 1 aromatic carbocycles. The van der Waals surface area contributed by atoms with Crippen molar-refractivity contribution in [2.24, 2.45) is 0 Å². The van der Waals surface area contributed by atoms with Crippen molar-refractivity contribution in [3.8, 4) is 11.3 Å². The molecule has 0 atom stereocenters. The molecule has 0 spiro atoms. The molecule has 0 unspecified atom stereocenters. The van der Waals surface area contributed by atoms with Gasteiger partial charge in [0.1, 0.15) is 5.82 Å². The first-order valence-electron chi connectivity index (χ1n) is 6.00. The molecule has 2 rings (SSSR count). The summed E-state index contributed by atoms with van der Waals surface area (Å²) < 4.78 is 13.5. The molecule has 0 aliphatic rings. The summed E-state index contributed by atoms with van der Waals surface area (Å²) in [6.45, 7) is 2.14. The zero-order valence-corrected chi connectivity index (χ0v) is 9.99. The maximum absolute atomic E-state index is 13.5. The Balaban J connectivity index is 2.32. The van der Waals surface area contributed by atoms with Gasteiger partial charge >= 0.3 is 0 Å². The minimum atomic E-state index is -0.181. The summed E-state index contributed by atoms with van der Waals surface area (Å²) >= 11 is 0. The second-order valence-corrected chi connectivity index (χ2v) is 4.17. The second-order valence-electron chi connectivity index (χ2n) is 4.17. The van der Waals surface area contributed by atoms with E-state index in [2.05, 4.69) is 11.9 Å². The third kappa shape index (κ3) is 3.13. The van der Waals surface area contributed by atoms with Crippen molar-refractivity contribution in [2.75, 3.05) is 0 Å². The van der Waals surface area contributed by atoms with Crippen LogP contribution < -0.4 is 0 Å². The molecule has 1 heterocycles. The number of benzene rings is 1. The molecule has 2 heteroatoms. The highest BCUT2D eigenvalue weighted by molar-refractivity contribution is 5.59. The average molecular weight is 229 g/mol. The Kier molecular flexibility index (Phi) is 3.86. The lowest BCUT2D eigenvalue weighted by Gasteiger charge is -2.05. The van der Waals surface area contributed by atoms with Gasteiger partial charge in [-0.25, -0.2) is 4.39 Å². The summed E-state index contributed by atoms with van der Waals surface area (Å²) in [5.41, 5.74) is 2.73. The van der Waals surface area contributed by atoms with E-state index < -0.39 is 0 Å². The van der Waals surface area contributed by atoms with Gasteiger partial charge in [-0.3, -0.25) is 4.98 Å². The van der Waals surface area contributed by atoms with Crippen LogP contribution in [0.5, 0.6) is 0 Å². The molecule has 0 amide bonds. The van der Waals surface area contributed by atoms with Crippen LogP contribution in [-0.2, 0) is 6.42 Å². The van der Waals surface area contributed by atoms with Gasteiger partial charge in [-0.05, 0) is 48.7 Å². The van der Waals surface area contributed by atoms with Gasteiger partial charge in [0, 0.05) is 11.8 Å². The van der Waals surface area contributed by atoms with Gasteiger partial charge in [0.2, 0.25) is 0 Å². The van der Waals surface area contributed by atoms with Crippen LogP contribution in [0.15, 0.2) is 42.6 Å². The Bertz CT molecular complexity index is 480. The summed E-state index contributed by atoms with van der Waals surface area (Å²) in [6.07, 6.45) is 4.86. The van der Waals surface area contributed by atoms with Crippen molar-refractivity contribution in [3.05, 3.63) is 54.0 Å². The molecule has 0 N–H and O–H groups in total. The summed E-state index contributed by atoms with van der Waals surface area (Å²) in [5, 5.41) is 0. The summed E-state index contributed by atoms with van der Waals surface area (Å²) in [4.78, 5) is 4.24. The molecule has 17 heavy (non-hydrogen) atoms. The minimum absolute atomic E-state index is 0.181. The predicted octanol–water partition coefficient (Wildman–Crippen LogP) is 4.23. The predicted molar refractivity (Wildman–Crippen MR) is 68.2 cm³/mol. The van der Waals surface area contributed by atoms with Crippen LogP contribution in [0, 0.1) is 5.82 Å². The summed E-state index contributed by atoms with van der Waals surface area (Å²) in [7, 11) is 0. The molecule has 0 bridgehead atoms. The largest absolute Gasteiger partial charge is 0.256 e. The van der Waals surface area contributed by atoms with E-state index in [9.17, 15) is 4.39 Å². The Morgan fingerprint density at radius 2 is 2.06 bits per heavy atom. The Hall–Kier alpha value is -1.70. The highest BCUT2D eigenvalue weighted by Crippen LogP contribution is 2.20. The number of unbranched alkanes of at least 4 members (excludes halogenated alkanes) is 1. The summed E-state index contributed by atoms with van der Waals surface area (Å²) in [6, 6.07) is 10.9. The number of aromatic nitrogens is 1. The average Bonchev–Trinajstić information content (AvgIpc) is 2.37. The Morgan fingerprint density at radius 3 is 2.76 bits per heavy atom. The zero-order valence-electron chi connectivity index (χ0n) is 9.99. The minimum Gasteiger partial charge on any atom is -0.256 e. The maximum atomic E-state index is 13.5. The third-order valence-electron chi connectivity index (χ3n) is 2.74. The molecular formula is C15H16FN. The first kappa shape index (κ1) is 11.8. The van der Waals surface area contributed by atoms with E-state index in [1.807, 2.05) is 24.3 Å². The van der Waals surface area contributed by atoms with Crippen LogP contribution in [-0.4, -0.2) is 4.98 Å². The van der Waals surface area contributed by atoms with Gasteiger partial charge in [0.25, 0.3) is 0 Å². The molecule has 0 aliphatic heterocycles. The fourth-order valence-electron chi connectivity index (χ4n) is 1.86. The summed E-state index contributed by atoms with van der Waals surface area (Å²) in [5.74, 6) is -0.181. The van der Waals surface area contributed by atoms with Crippen molar-refractivity contribution in [3.63, 3.8) is 0 Å². The first-order chi connectivity index (χ1) is 8.29. The molecule has 0 saturated heterocycles. The van der Waals surface area contributed by atoms with E-state index in [0.717, 1.165) is 36.1 Å². The fourth-order valence-corrected chi connectivity index (χ4v) is 1.86. The Morgan fingerprint density at radius 1 is 1.18 bits per heavy atom. The molecule has 1 aromatic heterocycles. The van der Waals surface area contributed by atoms with Crippen LogP contribution in [0.25, 0.3) is 11.3 Å². The molecule has 0 aliphatic carbocycles. The van der Waals surface area contributed by atoms with Crippen LogP contribution in [0.4, 0.5) is 4.39 Å². The first-order valence-corrected chi connectivity index (χ1v) is 6.00. The smallest absolute Gasteiger partial charge is 0.124 e. The van der Waals surface area contributed by atoms with Crippen molar-refractivity contribution in [2.45, 2.75) is 26.2 Å². The van der Waals surface area contributed by atoms with Crippen molar-refractivity contribution >= 4 is 0 Å². The second kappa shape index (κ2) is 5.58. The van der Waals surface area contributed by atoms with Gasteiger partial charge in [-0.15, -0.1) is 0 Å². The molecule has 0 saturated carbocycles. The van der Waals surface area contributed by atoms with E-state index in [-0.39, 0.29) is 5.82 Å². The fraction of sp³-hybridized carbons (Fsp3) is 0.267. The van der Waals surface area contributed by atoms with E-state index >= 15 is 0 Å². The number of hydrogen-bond acceptors (Lipinski definition) is 1. The maximum Gasteiger partial charge on any atom is 0.124 e. The van der Waals surface area contributed by atoms with Gasteiger partial charge in [0.15, 0.2) is 0 Å². The quantitative estimate of drug-likeness (QED) is 0.764. The molecular weight excluding hydrogens is 213 g/mol. The van der Waals surface area contributed by atoms with E-state index in [0.29, 0.717) is 0 Å². The van der Waals surface area contributed by atoms with Gasteiger partial charge in [-0.1, -0.05) is 19.4 Å². The highest BCUT2D eigenvalue weighted by Gasteiger charge is 2.03. The van der Waals surface area contributed by atoms with Crippen LogP contribution in [0.2, 0.25) is 0 Å². The number of hydrogen-bond donors (Lipinski definition) is 0. The number of rotatable bonds is 4. The van der Waals surface area contributed by atoms with Crippen molar-refractivity contribution in [1.29, 1.82) is 0 Å². The lowest BCUT2D eigenvalue weighted by molar-refractivity contribution is 0.624. The Labute approximate surface area is 101 Å². The molecule has 0 radical (unpaired) electrons. The van der Waals surface area contributed by atoms with Crippen molar-refractivity contribution in [1.82, 2.24) is 4.98 Å². The molecule has 88 valence electrons. The van der Waals surface area contributed by atoms with Crippen LogP contribution in [0.1, 0.15) is 25.3 Å². The lowest BCUT2D eigenvalue weighted by Crippen LogP contribution is -1.90. The van der Waals surface area contributed by atoms with E-state index in [4.69, 9.17) is 0 Å². The number of aryl methyl sites for hydroxylation is 1. The number of nitrogens with zero attached hydrogens (tertiary/aromatic N) is 1. The third-order valence-corrected chi connectivity index (χ3v) is 2.74. The normalized spacial score (nSPS) is 10.5. The molecule has 2 aromatic rings. The standard InChI is InChI=1S/C15H16FN/c1-2-3-6-12-9-13(11-14(16)10-12)15-7-4-5-8-17-15/h4-5,7-11H,2-3,6H2,1H3.